The summed E-state index contributed by atoms with van der Waals surface area (Å²) in [7, 11) is -3.37. The van der Waals surface area contributed by atoms with E-state index in [0.29, 0.717) is 18.4 Å². The molecule has 0 saturated carbocycles. The highest BCUT2D eigenvalue weighted by Gasteiger charge is 2.30. The Balaban J connectivity index is 2.16. The van der Waals surface area contributed by atoms with Crippen LogP contribution in [-0.2, 0) is 21.1 Å². The van der Waals surface area contributed by atoms with Crippen LogP contribution >= 0.6 is 0 Å². The highest BCUT2D eigenvalue weighted by atomic mass is 32.2. The van der Waals surface area contributed by atoms with Crippen LogP contribution in [0.4, 0.5) is 4.39 Å². The van der Waals surface area contributed by atoms with Gasteiger partial charge < -0.3 is 5.32 Å². The minimum Gasteiger partial charge on any atom is -0.348 e. The summed E-state index contributed by atoms with van der Waals surface area (Å²) in [5.41, 5.74) is 1.39. The van der Waals surface area contributed by atoms with Gasteiger partial charge in [-0.25, -0.2) is 12.8 Å². The summed E-state index contributed by atoms with van der Waals surface area (Å²) in [5, 5.41) is 2.78. The van der Waals surface area contributed by atoms with Crippen molar-refractivity contribution < 1.29 is 17.6 Å². The first-order chi connectivity index (χ1) is 10.3. The number of fused-ring (bicyclic) bond motifs is 1. The van der Waals surface area contributed by atoms with Crippen LogP contribution in [0, 0.1) is 11.7 Å². The number of benzene rings is 1. The summed E-state index contributed by atoms with van der Waals surface area (Å²) in [4.78, 5) is 12.1. The van der Waals surface area contributed by atoms with Crippen molar-refractivity contribution in [3.8, 4) is 0 Å². The summed E-state index contributed by atoms with van der Waals surface area (Å²) in [5.74, 6) is -1.13. The van der Waals surface area contributed by atoms with Crippen LogP contribution in [-0.4, -0.2) is 25.8 Å². The largest absolute Gasteiger partial charge is 0.348 e. The lowest BCUT2D eigenvalue weighted by molar-refractivity contribution is -0.119. The molecule has 1 aliphatic carbocycles. The lowest BCUT2D eigenvalue weighted by Crippen LogP contribution is -2.39. The molecule has 4 nitrogen and oxygen atoms in total. The molecule has 1 aromatic rings. The third kappa shape index (κ3) is 3.85. The molecule has 2 rings (SSSR count). The Morgan fingerprint density at radius 1 is 1.41 bits per heavy atom. The van der Waals surface area contributed by atoms with Crippen LogP contribution in [0.2, 0.25) is 0 Å². The van der Waals surface area contributed by atoms with Crippen molar-refractivity contribution in [2.75, 3.05) is 11.5 Å². The van der Waals surface area contributed by atoms with Gasteiger partial charge in [0, 0.05) is 0 Å². The lowest BCUT2D eigenvalue weighted by atomic mass is 9.80. The Kier molecular flexibility index (Phi) is 5.21. The summed E-state index contributed by atoms with van der Waals surface area (Å²) in [6, 6.07) is 4.52. The minimum atomic E-state index is -3.37. The first kappa shape index (κ1) is 16.9. The molecule has 0 aliphatic heterocycles. The van der Waals surface area contributed by atoms with Crippen LogP contribution in [0.1, 0.15) is 43.9 Å². The number of halogens is 1. The van der Waals surface area contributed by atoms with Crippen molar-refractivity contribution in [3.05, 3.63) is 35.1 Å². The molecule has 0 heterocycles. The van der Waals surface area contributed by atoms with Gasteiger partial charge >= 0.3 is 0 Å². The van der Waals surface area contributed by atoms with Crippen molar-refractivity contribution in [2.24, 2.45) is 5.92 Å². The molecule has 0 bridgehead atoms. The third-order valence-corrected chi connectivity index (χ3v) is 5.82. The van der Waals surface area contributed by atoms with Gasteiger partial charge in [0.2, 0.25) is 5.91 Å². The average molecular weight is 327 g/mol. The second kappa shape index (κ2) is 6.77. The van der Waals surface area contributed by atoms with Crippen molar-refractivity contribution in [3.63, 3.8) is 0 Å². The normalized spacial score (nSPS) is 21.2. The van der Waals surface area contributed by atoms with Gasteiger partial charge in [-0.05, 0) is 42.4 Å². The highest BCUT2D eigenvalue weighted by Crippen LogP contribution is 2.35. The predicted octanol–water partition coefficient (Wildman–Crippen LogP) is 2.39. The van der Waals surface area contributed by atoms with Crippen molar-refractivity contribution in [1.29, 1.82) is 0 Å². The van der Waals surface area contributed by atoms with E-state index in [9.17, 15) is 17.6 Å². The van der Waals surface area contributed by atoms with Gasteiger partial charge in [-0.15, -0.1) is 0 Å². The SMILES string of the molecule is CCCS(=O)(=O)CC(=O)NC1c2cccc(F)c2CCC1C. The molecule has 2 atom stereocenters. The number of nitrogens with one attached hydrogen (secondary N) is 1. The van der Waals surface area contributed by atoms with E-state index in [4.69, 9.17) is 0 Å². The Bertz CT molecular complexity index is 657. The summed E-state index contributed by atoms with van der Waals surface area (Å²) < 4.78 is 37.4. The van der Waals surface area contributed by atoms with Gasteiger partial charge in [0.25, 0.3) is 0 Å². The number of carbonyl (C=O) groups is 1. The maximum absolute atomic E-state index is 13.9. The first-order valence-electron chi connectivity index (χ1n) is 7.61. The van der Waals surface area contributed by atoms with Gasteiger partial charge in [0.1, 0.15) is 11.6 Å². The Hall–Kier alpha value is -1.43. The zero-order chi connectivity index (χ0) is 16.3. The molecule has 122 valence electrons. The molecule has 0 fully saturated rings. The van der Waals surface area contributed by atoms with E-state index in [2.05, 4.69) is 5.32 Å². The van der Waals surface area contributed by atoms with Crippen LogP contribution in [0.5, 0.6) is 0 Å². The molecule has 6 heteroatoms. The van der Waals surface area contributed by atoms with Gasteiger partial charge in [-0.3, -0.25) is 4.79 Å². The highest BCUT2D eigenvalue weighted by molar-refractivity contribution is 7.92. The summed E-state index contributed by atoms with van der Waals surface area (Å²) in [6.45, 7) is 3.75. The van der Waals surface area contributed by atoms with Crippen LogP contribution < -0.4 is 5.32 Å². The number of sulfone groups is 1. The van der Waals surface area contributed by atoms with Gasteiger partial charge in [0.15, 0.2) is 9.84 Å². The molecule has 2 unspecified atom stereocenters. The minimum absolute atomic E-state index is 0.00581. The monoisotopic (exact) mass is 327 g/mol. The van der Waals surface area contributed by atoms with E-state index in [1.165, 1.54) is 6.07 Å². The molecule has 1 aromatic carbocycles. The van der Waals surface area contributed by atoms with Crippen LogP contribution in [0.15, 0.2) is 18.2 Å². The standard InChI is InChI=1S/C16H22FNO3S/c1-3-9-22(20,21)10-15(19)18-16-11(2)7-8-12-13(16)5-4-6-14(12)17/h4-6,11,16H,3,7-10H2,1-2H3,(H,18,19). The predicted molar refractivity (Wildman–Crippen MR) is 83.7 cm³/mol. The number of hydrogen-bond acceptors (Lipinski definition) is 3. The fraction of sp³-hybridized carbons (Fsp3) is 0.562. The molecular weight excluding hydrogens is 305 g/mol. The Morgan fingerprint density at radius 3 is 2.82 bits per heavy atom. The van der Waals surface area contributed by atoms with E-state index in [1.54, 1.807) is 19.1 Å². The quantitative estimate of drug-likeness (QED) is 0.903. The maximum Gasteiger partial charge on any atom is 0.235 e. The molecule has 0 aromatic heterocycles. The summed E-state index contributed by atoms with van der Waals surface area (Å²) in [6.07, 6.45) is 1.90. The van der Waals surface area contributed by atoms with Gasteiger partial charge in [-0.1, -0.05) is 26.0 Å². The number of carbonyl (C=O) groups excluding carboxylic acids is 1. The number of rotatable bonds is 5. The zero-order valence-corrected chi connectivity index (χ0v) is 13.7. The lowest BCUT2D eigenvalue weighted by Gasteiger charge is -2.32. The number of hydrogen-bond donors (Lipinski definition) is 1. The zero-order valence-electron chi connectivity index (χ0n) is 12.9. The second-order valence-corrected chi connectivity index (χ2v) is 8.14. The van der Waals surface area contributed by atoms with Crippen LogP contribution in [0.25, 0.3) is 0 Å². The smallest absolute Gasteiger partial charge is 0.235 e. The Labute approximate surface area is 131 Å². The van der Waals surface area contributed by atoms with E-state index < -0.39 is 21.5 Å². The van der Waals surface area contributed by atoms with Crippen molar-refractivity contribution in [1.82, 2.24) is 5.32 Å². The third-order valence-electron chi connectivity index (χ3n) is 4.09. The van der Waals surface area contributed by atoms with Crippen molar-refractivity contribution >= 4 is 15.7 Å². The molecule has 1 aliphatic rings. The fourth-order valence-electron chi connectivity index (χ4n) is 2.99. The maximum atomic E-state index is 13.9. The number of amides is 1. The van der Waals surface area contributed by atoms with Crippen LogP contribution in [0.3, 0.4) is 0 Å². The molecule has 0 spiro atoms. The molecular formula is C16H22FNO3S. The molecule has 0 saturated heterocycles. The van der Waals surface area contributed by atoms with E-state index in [-0.39, 0.29) is 23.5 Å². The second-order valence-electron chi connectivity index (χ2n) is 5.96. The van der Waals surface area contributed by atoms with E-state index in [1.807, 2.05) is 6.92 Å². The molecule has 1 amide bonds. The van der Waals surface area contributed by atoms with Crippen molar-refractivity contribution in [2.45, 2.75) is 39.2 Å². The average Bonchev–Trinajstić information content (AvgIpc) is 2.41. The fourth-order valence-corrected chi connectivity index (χ4v) is 4.24. The van der Waals surface area contributed by atoms with E-state index >= 15 is 0 Å². The molecule has 1 N–H and O–H groups in total. The van der Waals surface area contributed by atoms with Gasteiger partial charge in [0.05, 0.1) is 11.8 Å². The first-order valence-corrected chi connectivity index (χ1v) is 9.43. The topological polar surface area (TPSA) is 63.2 Å². The van der Waals surface area contributed by atoms with Gasteiger partial charge in [-0.2, -0.15) is 0 Å². The summed E-state index contributed by atoms with van der Waals surface area (Å²) >= 11 is 0. The Morgan fingerprint density at radius 2 is 2.14 bits per heavy atom. The molecule has 0 radical (unpaired) electrons. The van der Waals surface area contributed by atoms with E-state index in [0.717, 1.165) is 12.0 Å². The molecule has 22 heavy (non-hydrogen) atoms.